The van der Waals surface area contributed by atoms with Crippen LogP contribution in [0.2, 0.25) is 5.28 Å². The second kappa shape index (κ2) is 6.49. The smallest absolute Gasteiger partial charge is 0.332 e. The molecule has 6 nitrogen and oxygen atoms in total. The van der Waals surface area contributed by atoms with Gasteiger partial charge in [-0.25, -0.2) is 4.98 Å². The Morgan fingerprint density at radius 2 is 2.00 bits per heavy atom. The topological polar surface area (TPSA) is 81.0 Å². The van der Waals surface area contributed by atoms with Crippen LogP contribution >= 0.6 is 11.6 Å². The lowest BCUT2D eigenvalue weighted by Crippen LogP contribution is -2.13. The molecule has 1 heterocycles. The van der Waals surface area contributed by atoms with Crippen LogP contribution < -0.4 is 5.32 Å². The first-order valence-electron chi connectivity index (χ1n) is 6.53. The van der Waals surface area contributed by atoms with Crippen molar-refractivity contribution in [3.63, 3.8) is 0 Å². The van der Waals surface area contributed by atoms with Crippen molar-refractivity contribution in [3.05, 3.63) is 57.0 Å². The number of nitrogens with one attached hydrogen (secondary N) is 1. The zero-order valence-corrected chi connectivity index (χ0v) is 12.5. The van der Waals surface area contributed by atoms with E-state index in [1.54, 1.807) is 6.92 Å². The van der Waals surface area contributed by atoms with Crippen LogP contribution in [0.5, 0.6) is 0 Å². The number of aromatic nitrogens is 2. The van der Waals surface area contributed by atoms with Crippen molar-refractivity contribution < 1.29 is 4.92 Å². The van der Waals surface area contributed by atoms with Crippen molar-refractivity contribution >= 4 is 23.1 Å². The summed E-state index contributed by atoms with van der Waals surface area (Å²) in [6.45, 7) is 3.53. The van der Waals surface area contributed by atoms with Crippen LogP contribution in [-0.4, -0.2) is 14.9 Å². The summed E-state index contributed by atoms with van der Waals surface area (Å²) >= 11 is 5.81. The Morgan fingerprint density at radius 1 is 1.33 bits per heavy atom. The predicted molar refractivity (Wildman–Crippen MR) is 81.5 cm³/mol. The van der Waals surface area contributed by atoms with Gasteiger partial charge in [0.25, 0.3) is 0 Å². The Kier molecular flexibility index (Phi) is 4.70. The molecule has 0 aliphatic carbocycles. The molecule has 21 heavy (non-hydrogen) atoms. The van der Waals surface area contributed by atoms with Crippen molar-refractivity contribution in [2.75, 3.05) is 5.32 Å². The number of halogens is 1. The first kappa shape index (κ1) is 15.2. The number of aryl methyl sites for hydroxylation is 1. The number of hydrogen-bond acceptors (Lipinski definition) is 5. The Labute approximate surface area is 127 Å². The molecular weight excluding hydrogens is 292 g/mol. The molecule has 0 radical (unpaired) electrons. The normalized spacial score (nSPS) is 12.0. The van der Waals surface area contributed by atoms with E-state index in [2.05, 4.69) is 15.3 Å². The monoisotopic (exact) mass is 306 g/mol. The minimum Gasteiger partial charge on any atom is -0.357 e. The number of nitro groups is 1. The van der Waals surface area contributed by atoms with E-state index in [-0.39, 0.29) is 28.5 Å². The average Bonchev–Trinajstić information content (AvgIpc) is 2.44. The summed E-state index contributed by atoms with van der Waals surface area (Å²) in [6, 6.07) is 9.60. The van der Waals surface area contributed by atoms with Gasteiger partial charge in [0.1, 0.15) is 5.69 Å². The maximum absolute atomic E-state index is 11.2. The molecule has 0 aliphatic heterocycles. The van der Waals surface area contributed by atoms with E-state index in [1.807, 2.05) is 37.3 Å². The maximum atomic E-state index is 11.2. The fraction of sp³-hybridized carbons (Fsp3) is 0.286. The minimum absolute atomic E-state index is 0.0106. The van der Waals surface area contributed by atoms with Crippen LogP contribution in [0.1, 0.15) is 30.6 Å². The molecule has 0 saturated heterocycles. The van der Waals surface area contributed by atoms with Gasteiger partial charge in [0.15, 0.2) is 0 Å². The third-order valence-electron chi connectivity index (χ3n) is 3.13. The summed E-state index contributed by atoms with van der Waals surface area (Å²) in [5.74, 6) is 0.146. The summed E-state index contributed by atoms with van der Waals surface area (Å²) in [7, 11) is 0. The molecule has 0 spiro atoms. The number of benzene rings is 1. The SMILES string of the molecule is CCC(Nc1nc(Cl)nc(C)c1[N+](=O)[O-])c1ccccc1. The van der Waals surface area contributed by atoms with Gasteiger partial charge in [-0.15, -0.1) is 0 Å². The molecule has 1 aromatic heterocycles. The first-order chi connectivity index (χ1) is 10.0. The van der Waals surface area contributed by atoms with E-state index in [4.69, 9.17) is 11.6 Å². The van der Waals surface area contributed by atoms with Crippen molar-refractivity contribution in [2.45, 2.75) is 26.3 Å². The highest BCUT2D eigenvalue weighted by Gasteiger charge is 2.23. The Hall–Kier alpha value is -2.21. The highest BCUT2D eigenvalue weighted by atomic mass is 35.5. The van der Waals surface area contributed by atoms with Gasteiger partial charge in [0.2, 0.25) is 11.1 Å². The Bertz CT molecular complexity index is 649. The largest absolute Gasteiger partial charge is 0.357 e. The third kappa shape index (κ3) is 3.46. The van der Waals surface area contributed by atoms with E-state index in [0.717, 1.165) is 12.0 Å². The van der Waals surface area contributed by atoms with Crippen molar-refractivity contribution in [2.24, 2.45) is 0 Å². The summed E-state index contributed by atoms with van der Waals surface area (Å²) < 4.78 is 0. The zero-order chi connectivity index (χ0) is 15.4. The number of hydrogen-bond donors (Lipinski definition) is 1. The molecule has 1 N–H and O–H groups in total. The van der Waals surface area contributed by atoms with E-state index in [1.165, 1.54) is 0 Å². The maximum Gasteiger partial charge on any atom is 0.332 e. The summed E-state index contributed by atoms with van der Waals surface area (Å²) in [5.41, 5.74) is 1.13. The van der Waals surface area contributed by atoms with Gasteiger partial charge in [-0.3, -0.25) is 10.1 Å². The van der Waals surface area contributed by atoms with Crippen molar-refractivity contribution in [1.29, 1.82) is 0 Å². The second-order valence-corrected chi connectivity index (χ2v) is 4.89. The summed E-state index contributed by atoms with van der Waals surface area (Å²) in [4.78, 5) is 18.5. The van der Waals surface area contributed by atoms with Gasteiger partial charge in [-0.1, -0.05) is 37.3 Å². The number of nitrogens with zero attached hydrogens (tertiary/aromatic N) is 3. The molecule has 0 saturated carbocycles. The van der Waals surface area contributed by atoms with Crippen molar-refractivity contribution in [1.82, 2.24) is 9.97 Å². The zero-order valence-electron chi connectivity index (χ0n) is 11.7. The van der Waals surface area contributed by atoms with E-state index < -0.39 is 4.92 Å². The molecule has 0 aliphatic rings. The highest BCUT2D eigenvalue weighted by Crippen LogP contribution is 2.30. The van der Waals surface area contributed by atoms with E-state index in [9.17, 15) is 10.1 Å². The summed E-state index contributed by atoms with van der Waals surface area (Å²) in [5, 5.41) is 14.3. The molecule has 1 atom stereocenters. The first-order valence-corrected chi connectivity index (χ1v) is 6.90. The van der Waals surface area contributed by atoms with Gasteiger partial charge in [0, 0.05) is 0 Å². The standard InChI is InChI=1S/C14H15ClN4O2/c1-3-11(10-7-5-4-6-8-10)17-13-12(19(20)21)9(2)16-14(15)18-13/h4-8,11H,3H2,1-2H3,(H,16,17,18). The third-order valence-corrected chi connectivity index (χ3v) is 3.30. The molecule has 1 aromatic carbocycles. The van der Waals surface area contributed by atoms with Gasteiger partial charge in [0.05, 0.1) is 11.0 Å². The number of anilines is 1. The fourth-order valence-electron chi connectivity index (χ4n) is 2.12. The average molecular weight is 307 g/mol. The van der Waals surface area contributed by atoms with Gasteiger partial charge >= 0.3 is 5.69 Å². The second-order valence-electron chi connectivity index (χ2n) is 4.55. The van der Waals surface area contributed by atoms with Crippen molar-refractivity contribution in [3.8, 4) is 0 Å². The van der Waals surface area contributed by atoms with Crippen LogP contribution in [0.3, 0.4) is 0 Å². The van der Waals surface area contributed by atoms with Crippen LogP contribution in [0.4, 0.5) is 11.5 Å². The lowest BCUT2D eigenvalue weighted by Gasteiger charge is -2.18. The Morgan fingerprint density at radius 3 is 2.57 bits per heavy atom. The molecular formula is C14H15ClN4O2. The van der Waals surface area contributed by atoms with Gasteiger partial charge < -0.3 is 5.32 Å². The van der Waals surface area contributed by atoms with E-state index in [0.29, 0.717) is 0 Å². The van der Waals surface area contributed by atoms with Crippen LogP contribution in [0, 0.1) is 17.0 Å². The fourth-order valence-corrected chi connectivity index (χ4v) is 2.33. The van der Waals surface area contributed by atoms with Crippen LogP contribution in [0.15, 0.2) is 30.3 Å². The molecule has 7 heteroatoms. The molecule has 0 amide bonds. The lowest BCUT2D eigenvalue weighted by atomic mass is 10.0. The molecule has 110 valence electrons. The Balaban J connectivity index is 2.40. The lowest BCUT2D eigenvalue weighted by molar-refractivity contribution is -0.385. The van der Waals surface area contributed by atoms with E-state index >= 15 is 0 Å². The molecule has 2 rings (SSSR count). The molecule has 2 aromatic rings. The van der Waals surface area contributed by atoms with Crippen LogP contribution in [0.25, 0.3) is 0 Å². The number of rotatable bonds is 5. The quantitative estimate of drug-likeness (QED) is 0.514. The molecule has 1 unspecified atom stereocenters. The molecule has 0 fully saturated rings. The minimum atomic E-state index is -0.494. The molecule has 0 bridgehead atoms. The van der Waals surface area contributed by atoms with Gasteiger partial charge in [-0.2, -0.15) is 4.98 Å². The predicted octanol–water partition coefficient (Wildman–Crippen LogP) is 3.91. The highest BCUT2D eigenvalue weighted by molar-refractivity contribution is 6.28. The summed E-state index contributed by atoms with van der Waals surface area (Å²) in [6.07, 6.45) is 0.752. The van der Waals surface area contributed by atoms with Gasteiger partial charge in [-0.05, 0) is 30.5 Å². The van der Waals surface area contributed by atoms with Crippen LogP contribution in [-0.2, 0) is 0 Å².